The molecule has 0 aliphatic carbocycles. The lowest BCUT2D eigenvalue weighted by atomic mass is 10.1. The molecule has 0 spiro atoms. The van der Waals surface area contributed by atoms with Gasteiger partial charge in [0.25, 0.3) is 0 Å². The second kappa shape index (κ2) is 5.70. The molecule has 3 rings (SSSR count). The maximum absolute atomic E-state index is 6.03. The Balaban J connectivity index is 1.73. The Labute approximate surface area is 114 Å². The van der Waals surface area contributed by atoms with Crippen LogP contribution in [0, 0.1) is 0 Å². The fourth-order valence-electron chi connectivity index (χ4n) is 3.48. The molecule has 2 saturated heterocycles. The van der Waals surface area contributed by atoms with Gasteiger partial charge in [-0.15, -0.1) is 0 Å². The molecule has 2 fully saturated rings. The van der Waals surface area contributed by atoms with Crippen molar-refractivity contribution in [3.63, 3.8) is 0 Å². The molecule has 4 heteroatoms. The van der Waals surface area contributed by atoms with Crippen molar-refractivity contribution < 1.29 is 0 Å². The number of rotatable bonds is 3. The van der Waals surface area contributed by atoms with Crippen LogP contribution in [0.5, 0.6) is 0 Å². The van der Waals surface area contributed by atoms with Gasteiger partial charge >= 0.3 is 0 Å². The summed E-state index contributed by atoms with van der Waals surface area (Å²) >= 11 is 1.78. The molecule has 3 heterocycles. The summed E-state index contributed by atoms with van der Waals surface area (Å²) in [7, 11) is 0. The lowest BCUT2D eigenvalue weighted by molar-refractivity contribution is 0.176. The SMILES string of the molecule is NCC(c1ccsc1)N1CCCN2CCCC2C1. The highest BCUT2D eigenvalue weighted by Crippen LogP contribution is 2.28. The molecular formula is C14H23N3S. The number of fused-ring (bicyclic) bond motifs is 1. The maximum Gasteiger partial charge on any atom is 0.0479 e. The largest absolute Gasteiger partial charge is 0.329 e. The highest BCUT2D eigenvalue weighted by atomic mass is 32.1. The summed E-state index contributed by atoms with van der Waals surface area (Å²) in [5, 5.41) is 4.42. The molecule has 0 aromatic carbocycles. The molecule has 0 amide bonds. The van der Waals surface area contributed by atoms with Gasteiger partial charge in [0.2, 0.25) is 0 Å². The number of nitrogens with zero attached hydrogens (tertiary/aromatic N) is 2. The molecule has 2 atom stereocenters. The van der Waals surface area contributed by atoms with Gasteiger partial charge in [-0.25, -0.2) is 0 Å². The Kier molecular flexibility index (Phi) is 3.99. The normalized spacial score (nSPS) is 27.9. The number of hydrogen-bond donors (Lipinski definition) is 1. The zero-order chi connectivity index (χ0) is 12.4. The van der Waals surface area contributed by atoms with E-state index in [2.05, 4.69) is 26.6 Å². The second-order valence-electron chi connectivity index (χ2n) is 5.49. The number of thiophene rings is 1. The first kappa shape index (κ1) is 12.6. The summed E-state index contributed by atoms with van der Waals surface area (Å²) in [6.45, 7) is 5.73. The van der Waals surface area contributed by atoms with Crippen LogP contribution in [0.3, 0.4) is 0 Å². The van der Waals surface area contributed by atoms with Crippen molar-refractivity contribution in [2.45, 2.75) is 31.3 Å². The quantitative estimate of drug-likeness (QED) is 0.906. The Morgan fingerprint density at radius 1 is 1.33 bits per heavy atom. The van der Waals surface area contributed by atoms with Crippen LogP contribution in [0.2, 0.25) is 0 Å². The summed E-state index contributed by atoms with van der Waals surface area (Å²) < 4.78 is 0. The van der Waals surface area contributed by atoms with E-state index in [-0.39, 0.29) is 0 Å². The van der Waals surface area contributed by atoms with Gasteiger partial charge in [-0.2, -0.15) is 11.3 Å². The Morgan fingerprint density at radius 3 is 3.00 bits per heavy atom. The number of nitrogens with two attached hydrogens (primary N) is 1. The fraction of sp³-hybridized carbons (Fsp3) is 0.714. The summed E-state index contributed by atoms with van der Waals surface area (Å²) in [6, 6.07) is 3.44. The van der Waals surface area contributed by atoms with Crippen LogP contribution in [0.4, 0.5) is 0 Å². The molecule has 2 N–H and O–H groups in total. The van der Waals surface area contributed by atoms with Crippen LogP contribution in [-0.2, 0) is 0 Å². The molecule has 3 nitrogen and oxygen atoms in total. The first-order chi connectivity index (χ1) is 8.88. The third-order valence-electron chi connectivity index (χ3n) is 4.43. The molecule has 18 heavy (non-hydrogen) atoms. The van der Waals surface area contributed by atoms with Crippen molar-refractivity contribution in [1.29, 1.82) is 0 Å². The van der Waals surface area contributed by atoms with Crippen LogP contribution in [0.15, 0.2) is 16.8 Å². The van der Waals surface area contributed by atoms with E-state index in [4.69, 9.17) is 5.73 Å². The minimum absolute atomic E-state index is 0.428. The van der Waals surface area contributed by atoms with Gasteiger partial charge in [0, 0.05) is 31.7 Å². The first-order valence-electron chi connectivity index (χ1n) is 7.09. The Morgan fingerprint density at radius 2 is 2.22 bits per heavy atom. The predicted molar refractivity (Wildman–Crippen MR) is 76.9 cm³/mol. The molecule has 2 unspecified atom stereocenters. The molecule has 100 valence electrons. The van der Waals surface area contributed by atoms with Crippen LogP contribution in [-0.4, -0.2) is 48.6 Å². The average Bonchev–Trinajstić information content (AvgIpc) is 3.00. The summed E-state index contributed by atoms with van der Waals surface area (Å²) in [5.41, 5.74) is 7.44. The molecule has 0 saturated carbocycles. The summed E-state index contributed by atoms with van der Waals surface area (Å²) in [5.74, 6) is 0. The molecule has 0 bridgehead atoms. The molecule has 2 aliphatic heterocycles. The lowest BCUT2D eigenvalue weighted by Crippen LogP contribution is -2.40. The summed E-state index contributed by atoms with van der Waals surface area (Å²) in [6.07, 6.45) is 4.04. The van der Waals surface area contributed by atoms with Gasteiger partial charge in [-0.3, -0.25) is 9.80 Å². The minimum Gasteiger partial charge on any atom is -0.329 e. The minimum atomic E-state index is 0.428. The van der Waals surface area contributed by atoms with Crippen molar-refractivity contribution in [3.05, 3.63) is 22.4 Å². The van der Waals surface area contributed by atoms with Crippen LogP contribution in [0.25, 0.3) is 0 Å². The van der Waals surface area contributed by atoms with E-state index in [9.17, 15) is 0 Å². The van der Waals surface area contributed by atoms with E-state index in [0.717, 1.165) is 12.6 Å². The van der Waals surface area contributed by atoms with E-state index in [1.54, 1.807) is 11.3 Å². The van der Waals surface area contributed by atoms with Crippen molar-refractivity contribution >= 4 is 11.3 Å². The molecule has 2 aliphatic rings. The smallest absolute Gasteiger partial charge is 0.0479 e. The molecule has 0 radical (unpaired) electrons. The third kappa shape index (κ3) is 2.48. The second-order valence-corrected chi connectivity index (χ2v) is 6.27. The van der Waals surface area contributed by atoms with Crippen LogP contribution >= 0.6 is 11.3 Å². The topological polar surface area (TPSA) is 32.5 Å². The Hall–Kier alpha value is -0.420. The zero-order valence-electron chi connectivity index (χ0n) is 10.9. The third-order valence-corrected chi connectivity index (χ3v) is 5.13. The highest BCUT2D eigenvalue weighted by molar-refractivity contribution is 7.07. The van der Waals surface area contributed by atoms with Gasteiger partial charge in [0.15, 0.2) is 0 Å². The zero-order valence-corrected chi connectivity index (χ0v) is 11.7. The standard InChI is InChI=1S/C14H23N3S/c15-9-14(12-4-8-18-11-12)17-7-2-6-16-5-1-3-13(16)10-17/h4,8,11,13-14H,1-3,5-7,9-10,15H2. The van der Waals surface area contributed by atoms with Crippen molar-refractivity contribution in [3.8, 4) is 0 Å². The predicted octanol–water partition coefficient (Wildman–Crippen LogP) is 1.92. The van der Waals surface area contributed by atoms with E-state index in [1.165, 1.54) is 51.0 Å². The Bertz CT molecular complexity index is 365. The van der Waals surface area contributed by atoms with E-state index >= 15 is 0 Å². The van der Waals surface area contributed by atoms with Gasteiger partial charge in [0.05, 0.1) is 0 Å². The maximum atomic E-state index is 6.03. The monoisotopic (exact) mass is 265 g/mol. The lowest BCUT2D eigenvalue weighted by Gasteiger charge is -2.31. The van der Waals surface area contributed by atoms with Crippen LogP contribution < -0.4 is 5.73 Å². The molecule has 1 aromatic rings. The van der Waals surface area contributed by atoms with E-state index < -0.39 is 0 Å². The fourth-order valence-corrected chi connectivity index (χ4v) is 4.19. The first-order valence-corrected chi connectivity index (χ1v) is 8.03. The van der Waals surface area contributed by atoms with Gasteiger partial charge in [-0.05, 0) is 54.7 Å². The summed E-state index contributed by atoms with van der Waals surface area (Å²) in [4.78, 5) is 5.30. The van der Waals surface area contributed by atoms with Crippen molar-refractivity contribution in [1.82, 2.24) is 9.80 Å². The van der Waals surface area contributed by atoms with Gasteiger partial charge in [-0.1, -0.05) is 0 Å². The number of hydrogen-bond acceptors (Lipinski definition) is 4. The van der Waals surface area contributed by atoms with E-state index in [1.807, 2.05) is 0 Å². The van der Waals surface area contributed by atoms with Gasteiger partial charge in [0.1, 0.15) is 0 Å². The van der Waals surface area contributed by atoms with Crippen molar-refractivity contribution in [2.75, 3.05) is 32.7 Å². The van der Waals surface area contributed by atoms with Crippen molar-refractivity contribution in [2.24, 2.45) is 5.73 Å². The average molecular weight is 265 g/mol. The highest BCUT2D eigenvalue weighted by Gasteiger charge is 2.31. The molecular weight excluding hydrogens is 242 g/mol. The van der Waals surface area contributed by atoms with E-state index in [0.29, 0.717) is 6.04 Å². The van der Waals surface area contributed by atoms with Gasteiger partial charge < -0.3 is 5.73 Å². The van der Waals surface area contributed by atoms with Crippen LogP contribution in [0.1, 0.15) is 30.9 Å². The molecule has 1 aromatic heterocycles.